The van der Waals surface area contributed by atoms with Gasteiger partial charge in [-0.15, -0.1) is 11.3 Å². The Labute approximate surface area is 240 Å². The summed E-state index contributed by atoms with van der Waals surface area (Å²) in [7, 11) is 1.58. The number of carboxylic acids is 1. The van der Waals surface area contributed by atoms with E-state index in [9.17, 15) is 25.2 Å². The van der Waals surface area contributed by atoms with Crippen molar-refractivity contribution in [1.82, 2.24) is 14.1 Å². The fraction of sp³-hybridized carbons (Fsp3) is 0.448. The number of hydrogen-bond donors (Lipinski definition) is 3. The van der Waals surface area contributed by atoms with Crippen molar-refractivity contribution in [3.63, 3.8) is 0 Å². The molecule has 1 saturated carbocycles. The number of nitrogens with zero attached hydrogens (tertiary/aromatic N) is 3. The molecular formula is C29H34N4O7S. The Kier molecular flexibility index (Phi) is 7.91. The van der Waals surface area contributed by atoms with Crippen LogP contribution in [0.15, 0.2) is 45.9 Å². The third-order valence-electron chi connectivity index (χ3n) is 7.80. The third kappa shape index (κ3) is 5.22. The van der Waals surface area contributed by atoms with Gasteiger partial charge in [-0.2, -0.15) is 0 Å². The van der Waals surface area contributed by atoms with E-state index in [1.165, 1.54) is 37.6 Å². The molecule has 3 heterocycles. The molecular weight excluding hydrogens is 548 g/mol. The molecule has 0 radical (unpaired) electrons. The Morgan fingerprint density at radius 3 is 2.61 bits per heavy atom. The number of aliphatic carboxylic acids is 1. The monoisotopic (exact) mass is 582 g/mol. The van der Waals surface area contributed by atoms with Crippen LogP contribution in [0.2, 0.25) is 0 Å². The van der Waals surface area contributed by atoms with Crippen molar-refractivity contribution < 1.29 is 28.9 Å². The average molecular weight is 583 g/mol. The van der Waals surface area contributed by atoms with Gasteiger partial charge in [0.05, 0.1) is 42.3 Å². The van der Waals surface area contributed by atoms with Gasteiger partial charge in [-0.25, -0.2) is 9.78 Å². The van der Waals surface area contributed by atoms with Gasteiger partial charge < -0.3 is 28.7 Å². The molecule has 5 rings (SSSR count). The number of thiophene rings is 1. The van der Waals surface area contributed by atoms with Gasteiger partial charge >= 0.3 is 5.97 Å². The van der Waals surface area contributed by atoms with E-state index in [1.807, 2.05) is 24.3 Å². The predicted octanol–water partition coefficient (Wildman–Crippen LogP) is 4.20. The van der Waals surface area contributed by atoms with E-state index in [1.54, 1.807) is 18.6 Å². The largest absolute Gasteiger partial charge is 0.496 e. The number of oxazole rings is 1. The van der Waals surface area contributed by atoms with Crippen molar-refractivity contribution in [3.05, 3.63) is 63.8 Å². The number of aromatic nitrogens is 3. The number of aliphatic hydroxyl groups excluding tert-OH is 1. The first kappa shape index (κ1) is 28.8. The summed E-state index contributed by atoms with van der Waals surface area (Å²) in [5.74, 6) is -0.291. The summed E-state index contributed by atoms with van der Waals surface area (Å²) < 4.78 is 20.5. The maximum atomic E-state index is 13.9. The van der Waals surface area contributed by atoms with Crippen LogP contribution in [0.4, 0.5) is 0 Å². The molecule has 0 unspecified atom stereocenters. The number of aryl methyl sites for hydroxylation is 1. The zero-order chi connectivity index (χ0) is 29.5. The molecule has 0 spiro atoms. The number of carboxylic acid groups (broad SMARTS) is 1. The second kappa shape index (κ2) is 11.3. The summed E-state index contributed by atoms with van der Waals surface area (Å²) >= 11 is 1.26. The number of methoxy groups -OCH3 is 1. The number of benzene rings is 1. The highest BCUT2D eigenvalue weighted by Crippen LogP contribution is 2.38. The number of hydrogen-bond acceptors (Lipinski definition) is 9. The fourth-order valence-corrected chi connectivity index (χ4v) is 6.67. The molecule has 41 heavy (non-hydrogen) atoms. The van der Waals surface area contributed by atoms with Crippen LogP contribution < -0.4 is 15.9 Å². The van der Waals surface area contributed by atoms with E-state index < -0.39 is 23.2 Å². The second-order valence-corrected chi connectivity index (χ2v) is 11.8. The summed E-state index contributed by atoms with van der Waals surface area (Å²) in [6, 6.07) is 7.48. The SMILES string of the molecule is COc1ccccc1[C@H](Cn1c(=N)n(C(C)(C)C(=O)O)c(=O)c2c(C)c(-c3ncco3)sc21)OC1CCC(O)CC1. The van der Waals surface area contributed by atoms with Gasteiger partial charge in [0.1, 0.15) is 28.5 Å². The first-order chi connectivity index (χ1) is 19.5. The lowest BCUT2D eigenvalue weighted by Crippen LogP contribution is -2.52. The van der Waals surface area contributed by atoms with Crippen LogP contribution in [0.25, 0.3) is 21.0 Å². The smallest absolute Gasteiger partial charge is 0.329 e. The molecule has 1 fully saturated rings. The molecule has 3 N–H and O–H groups in total. The quantitative estimate of drug-likeness (QED) is 0.266. The van der Waals surface area contributed by atoms with Crippen LogP contribution >= 0.6 is 11.3 Å². The Balaban J connectivity index is 1.74. The molecule has 4 aromatic rings. The second-order valence-electron chi connectivity index (χ2n) is 10.8. The predicted molar refractivity (Wildman–Crippen MR) is 152 cm³/mol. The molecule has 0 bridgehead atoms. The van der Waals surface area contributed by atoms with Crippen molar-refractivity contribution >= 4 is 27.5 Å². The lowest BCUT2D eigenvalue weighted by Gasteiger charge is -2.31. The normalized spacial score (nSPS) is 18.5. The van der Waals surface area contributed by atoms with Crippen molar-refractivity contribution in [2.45, 2.75) is 76.9 Å². The topological polar surface area (TPSA) is 153 Å². The van der Waals surface area contributed by atoms with Crippen LogP contribution in [0.5, 0.6) is 5.75 Å². The van der Waals surface area contributed by atoms with Crippen LogP contribution in [0.1, 0.15) is 56.8 Å². The minimum Gasteiger partial charge on any atom is -0.496 e. The van der Waals surface area contributed by atoms with Crippen molar-refractivity contribution in [1.29, 1.82) is 5.41 Å². The van der Waals surface area contributed by atoms with E-state index in [0.717, 1.165) is 10.1 Å². The number of aliphatic hydroxyl groups is 1. The van der Waals surface area contributed by atoms with E-state index >= 15 is 0 Å². The summed E-state index contributed by atoms with van der Waals surface area (Å²) in [6.07, 6.45) is 4.50. The Morgan fingerprint density at radius 1 is 1.27 bits per heavy atom. The highest BCUT2D eigenvalue weighted by molar-refractivity contribution is 7.22. The molecule has 1 atom stereocenters. The van der Waals surface area contributed by atoms with Gasteiger partial charge in [0.2, 0.25) is 11.5 Å². The van der Waals surface area contributed by atoms with E-state index in [-0.39, 0.29) is 24.4 Å². The molecule has 0 aliphatic heterocycles. The van der Waals surface area contributed by atoms with Gasteiger partial charge in [-0.3, -0.25) is 14.8 Å². The standard InChI is InChI=1S/C29H34N4O7S/c1-16-22-25(35)33(29(2,3)27(36)37)28(30)32(26(22)41-23(16)24-31-13-14-39-24)15-21(19-7-5-6-8-20(19)38-4)40-18-11-9-17(34)10-12-18/h5-8,13-14,17-18,21,30,34H,9-12,15H2,1-4H3,(H,36,37)/t17?,18?,21-/m0/s1. The van der Waals surface area contributed by atoms with Gasteiger partial charge in [-0.1, -0.05) is 18.2 Å². The number of rotatable bonds is 9. The number of fused-ring (bicyclic) bond motifs is 1. The summed E-state index contributed by atoms with van der Waals surface area (Å²) in [4.78, 5) is 31.6. The van der Waals surface area contributed by atoms with Crippen LogP contribution in [0.3, 0.4) is 0 Å². The first-order valence-corrected chi connectivity index (χ1v) is 14.3. The minimum atomic E-state index is -1.71. The molecule has 12 heteroatoms. The molecule has 0 saturated heterocycles. The molecule has 3 aromatic heterocycles. The number of nitrogens with one attached hydrogen (secondary N) is 1. The molecule has 218 valence electrons. The Hall–Kier alpha value is -3.74. The molecule has 11 nitrogen and oxygen atoms in total. The summed E-state index contributed by atoms with van der Waals surface area (Å²) in [6.45, 7) is 4.69. The fourth-order valence-electron chi connectivity index (χ4n) is 5.41. The van der Waals surface area contributed by atoms with Crippen LogP contribution in [-0.4, -0.2) is 49.6 Å². The van der Waals surface area contributed by atoms with Crippen molar-refractivity contribution in [2.24, 2.45) is 0 Å². The lowest BCUT2D eigenvalue weighted by atomic mass is 9.94. The summed E-state index contributed by atoms with van der Waals surface area (Å²) in [5, 5.41) is 29.6. The van der Waals surface area contributed by atoms with Gasteiger partial charge in [-0.05, 0) is 58.1 Å². The van der Waals surface area contributed by atoms with E-state index in [2.05, 4.69) is 4.98 Å². The maximum Gasteiger partial charge on any atom is 0.329 e. The zero-order valence-electron chi connectivity index (χ0n) is 23.4. The lowest BCUT2D eigenvalue weighted by molar-refractivity contribution is -0.146. The Bertz CT molecular complexity index is 1680. The average Bonchev–Trinajstić information content (AvgIpc) is 3.59. The number of ether oxygens (including phenoxy) is 2. The van der Waals surface area contributed by atoms with Gasteiger partial charge in [0.25, 0.3) is 5.56 Å². The summed E-state index contributed by atoms with van der Waals surface area (Å²) in [5.41, 5.74) is -1.19. The minimum absolute atomic E-state index is 0.107. The molecule has 1 aromatic carbocycles. The van der Waals surface area contributed by atoms with E-state index in [4.69, 9.17) is 13.9 Å². The van der Waals surface area contributed by atoms with Gasteiger partial charge in [0, 0.05) is 5.56 Å². The van der Waals surface area contributed by atoms with E-state index in [0.29, 0.717) is 58.0 Å². The van der Waals surface area contributed by atoms with Crippen LogP contribution in [0, 0.1) is 12.3 Å². The zero-order valence-corrected chi connectivity index (χ0v) is 24.2. The maximum absolute atomic E-state index is 13.9. The first-order valence-electron chi connectivity index (χ1n) is 13.5. The number of para-hydroxylation sites is 1. The number of carbonyl (C=O) groups is 1. The van der Waals surface area contributed by atoms with Crippen molar-refractivity contribution in [3.8, 4) is 16.5 Å². The van der Waals surface area contributed by atoms with Crippen LogP contribution in [-0.2, 0) is 21.6 Å². The highest BCUT2D eigenvalue weighted by atomic mass is 32.1. The molecule has 1 aliphatic carbocycles. The molecule has 0 amide bonds. The van der Waals surface area contributed by atoms with Gasteiger partial charge in [0.15, 0.2) is 0 Å². The molecule has 1 aliphatic rings. The third-order valence-corrected chi connectivity index (χ3v) is 9.10. The highest BCUT2D eigenvalue weighted by Gasteiger charge is 2.35. The Morgan fingerprint density at radius 2 is 1.98 bits per heavy atom. The van der Waals surface area contributed by atoms with Crippen molar-refractivity contribution in [2.75, 3.05) is 7.11 Å².